The molecule has 9 nitrogen and oxygen atoms in total. The van der Waals surface area contributed by atoms with Crippen LogP contribution in [0.3, 0.4) is 0 Å². The van der Waals surface area contributed by atoms with Gasteiger partial charge in [0.05, 0.1) is 25.4 Å². The Kier molecular flexibility index (Phi) is 41.3. The number of rotatable bonds is 40. The molecule has 0 bridgehead atoms. The van der Waals surface area contributed by atoms with Gasteiger partial charge in [-0.15, -0.1) is 0 Å². The van der Waals surface area contributed by atoms with Crippen LogP contribution < -0.4 is 5.32 Å². The Labute approximate surface area is 400 Å². The Morgan fingerprint density at radius 1 is 0.530 bits per heavy atom. The van der Waals surface area contributed by atoms with Gasteiger partial charge in [-0.25, -0.2) is 0 Å². The van der Waals surface area contributed by atoms with Gasteiger partial charge in [-0.3, -0.25) is 4.79 Å². The minimum atomic E-state index is -1.58. The summed E-state index contributed by atoms with van der Waals surface area (Å²) in [5.41, 5.74) is 0. The van der Waals surface area contributed by atoms with Crippen LogP contribution in [-0.4, -0.2) is 87.5 Å². The fourth-order valence-electron chi connectivity index (χ4n) is 6.95. The molecule has 0 aromatic heterocycles. The highest BCUT2D eigenvalue weighted by Crippen LogP contribution is 2.22. The maximum absolute atomic E-state index is 12.9. The van der Waals surface area contributed by atoms with E-state index in [1.54, 1.807) is 6.08 Å². The van der Waals surface area contributed by atoms with Crippen molar-refractivity contribution < 1.29 is 39.8 Å². The van der Waals surface area contributed by atoms with E-state index < -0.39 is 49.5 Å². The number of allylic oxidation sites excluding steroid dienone is 21. The molecule has 0 spiro atoms. The molecule has 7 atom stereocenters. The zero-order valence-electron chi connectivity index (χ0n) is 40.9. The third-order valence-electron chi connectivity index (χ3n) is 11.0. The molecular weight excluding hydrogens is 827 g/mol. The van der Waals surface area contributed by atoms with Crippen molar-refractivity contribution in [3.8, 4) is 0 Å². The third kappa shape index (κ3) is 34.6. The molecule has 9 heteroatoms. The number of hydrogen-bond donors (Lipinski definition) is 6. The molecule has 1 aliphatic rings. The van der Waals surface area contributed by atoms with E-state index in [1.807, 2.05) is 6.08 Å². The maximum Gasteiger partial charge on any atom is 0.220 e. The molecule has 0 saturated carbocycles. The molecule has 6 N–H and O–H groups in total. The fourth-order valence-corrected chi connectivity index (χ4v) is 6.95. The van der Waals surface area contributed by atoms with Crippen molar-refractivity contribution >= 4 is 5.91 Å². The van der Waals surface area contributed by atoms with Crippen molar-refractivity contribution in [2.24, 2.45) is 0 Å². The van der Waals surface area contributed by atoms with Gasteiger partial charge in [-0.05, 0) is 96.3 Å². The number of nitrogens with one attached hydrogen (secondary N) is 1. The number of amides is 1. The van der Waals surface area contributed by atoms with E-state index in [-0.39, 0.29) is 18.9 Å². The van der Waals surface area contributed by atoms with Crippen molar-refractivity contribution in [2.45, 2.75) is 204 Å². The molecule has 1 aliphatic heterocycles. The van der Waals surface area contributed by atoms with Gasteiger partial charge in [0.25, 0.3) is 0 Å². The van der Waals surface area contributed by atoms with Gasteiger partial charge in [0.1, 0.15) is 24.4 Å². The molecule has 66 heavy (non-hydrogen) atoms. The second-order valence-corrected chi connectivity index (χ2v) is 16.9. The number of unbranched alkanes of at least 4 members (excludes halogenated alkanes) is 10. The summed E-state index contributed by atoms with van der Waals surface area (Å²) in [6, 6.07) is -0.836. The molecule has 1 rings (SSSR count). The van der Waals surface area contributed by atoms with Gasteiger partial charge in [-0.1, -0.05) is 192 Å². The van der Waals surface area contributed by atoms with E-state index in [0.717, 1.165) is 96.3 Å². The highest BCUT2D eigenvalue weighted by Gasteiger charge is 2.44. The lowest BCUT2D eigenvalue weighted by molar-refractivity contribution is -0.302. The monoisotopic (exact) mass is 918 g/mol. The van der Waals surface area contributed by atoms with E-state index >= 15 is 0 Å². The number of ether oxygens (including phenoxy) is 2. The van der Waals surface area contributed by atoms with Crippen molar-refractivity contribution in [1.29, 1.82) is 0 Å². The van der Waals surface area contributed by atoms with E-state index in [2.05, 4.69) is 141 Å². The first-order valence-electron chi connectivity index (χ1n) is 25.4. The van der Waals surface area contributed by atoms with Crippen molar-refractivity contribution in [2.75, 3.05) is 13.2 Å². The molecule has 0 radical (unpaired) electrons. The van der Waals surface area contributed by atoms with E-state index in [4.69, 9.17) is 9.47 Å². The molecule has 1 heterocycles. The minimum Gasteiger partial charge on any atom is -0.394 e. The van der Waals surface area contributed by atoms with Gasteiger partial charge in [0.2, 0.25) is 5.91 Å². The Balaban J connectivity index is 2.27. The SMILES string of the molecule is CC/C=C\C/C=C\C/C=C\C/C=C\C/C=C\C/C=C\C/C=C\C/C=C\C/C=C\C/C=C\CCCCC(=O)NC(COC1OC(CO)C(O)C(O)C1O)C(O)/C=C/CCCCCCCCCC. The highest BCUT2D eigenvalue weighted by molar-refractivity contribution is 5.76. The van der Waals surface area contributed by atoms with Crippen LogP contribution in [0.15, 0.2) is 134 Å². The lowest BCUT2D eigenvalue weighted by atomic mass is 9.99. The minimum absolute atomic E-state index is 0.216. The smallest absolute Gasteiger partial charge is 0.220 e. The van der Waals surface area contributed by atoms with Crippen LogP contribution in [0, 0.1) is 0 Å². The summed E-state index contributed by atoms with van der Waals surface area (Å²) >= 11 is 0. The first-order valence-corrected chi connectivity index (χ1v) is 25.4. The molecule has 1 fully saturated rings. The van der Waals surface area contributed by atoms with E-state index in [0.29, 0.717) is 6.42 Å². The number of aliphatic hydroxyl groups is 5. The Morgan fingerprint density at radius 2 is 0.939 bits per heavy atom. The lowest BCUT2D eigenvalue weighted by Gasteiger charge is -2.40. The molecule has 7 unspecified atom stereocenters. The molecule has 1 amide bonds. The van der Waals surface area contributed by atoms with Crippen LogP contribution in [0.2, 0.25) is 0 Å². The fraction of sp³-hybridized carbons (Fsp3) is 0.596. The zero-order valence-corrected chi connectivity index (χ0v) is 40.9. The van der Waals surface area contributed by atoms with Gasteiger partial charge in [0, 0.05) is 6.42 Å². The number of aliphatic hydroxyl groups excluding tert-OH is 5. The number of hydrogen-bond acceptors (Lipinski definition) is 8. The average molecular weight is 918 g/mol. The summed E-state index contributed by atoms with van der Waals surface area (Å²) < 4.78 is 11.2. The van der Waals surface area contributed by atoms with Gasteiger partial charge >= 0.3 is 0 Å². The summed E-state index contributed by atoms with van der Waals surface area (Å²) in [5.74, 6) is -0.228. The molecule has 0 aliphatic carbocycles. The van der Waals surface area contributed by atoms with Gasteiger partial charge in [-0.2, -0.15) is 0 Å². The van der Waals surface area contributed by atoms with Crippen molar-refractivity contribution in [3.05, 3.63) is 134 Å². The van der Waals surface area contributed by atoms with Crippen LogP contribution in [0.5, 0.6) is 0 Å². The first-order chi connectivity index (χ1) is 32.3. The summed E-state index contributed by atoms with van der Waals surface area (Å²) in [6.07, 6.45) is 62.3. The molecule has 372 valence electrons. The molecule has 0 aromatic carbocycles. The summed E-state index contributed by atoms with van der Waals surface area (Å²) in [6.45, 7) is 3.58. The average Bonchev–Trinajstić information content (AvgIpc) is 3.32. The predicted octanol–water partition coefficient (Wildman–Crippen LogP) is 11.8. The van der Waals surface area contributed by atoms with Crippen LogP contribution in [-0.2, 0) is 14.3 Å². The summed E-state index contributed by atoms with van der Waals surface area (Å²) in [7, 11) is 0. The first kappa shape index (κ1) is 60.3. The van der Waals surface area contributed by atoms with Crippen LogP contribution in [0.4, 0.5) is 0 Å². The third-order valence-corrected chi connectivity index (χ3v) is 11.0. The summed E-state index contributed by atoms with van der Waals surface area (Å²) in [5, 5.41) is 54.1. The lowest BCUT2D eigenvalue weighted by Crippen LogP contribution is -2.60. The highest BCUT2D eigenvalue weighted by atomic mass is 16.7. The Bertz CT molecular complexity index is 1480. The quantitative estimate of drug-likeness (QED) is 0.0263. The maximum atomic E-state index is 12.9. The summed E-state index contributed by atoms with van der Waals surface area (Å²) in [4.78, 5) is 12.9. The van der Waals surface area contributed by atoms with Crippen LogP contribution in [0.1, 0.15) is 162 Å². The van der Waals surface area contributed by atoms with Crippen molar-refractivity contribution in [3.63, 3.8) is 0 Å². The Hall–Kier alpha value is -3.67. The zero-order chi connectivity index (χ0) is 48.0. The van der Waals surface area contributed by atoms with Crippen molar-refractivity contribution in [1.82, 2.24) is 5.32 Å². The second kappa shape index (κ2) is 45.1. The topological polar surface area (TPSA) is 149 Å². The van der Waals surface area contributed by atoms with E-state index in [9.17, 15) is 30.3 Å². The number of carbonyl (C=O) groups excluding carboxylic acids is 1. The molecular formula is C57H91NO8. The Morgan fingerprint density at radius 3 is 1.39 bits per heavy atom. The standard InChI is InChI=1S/C57H91NO8/c1-3-5-7-9-11-13-15-16-17-18-19-20-21-22-23-24-25-26-27-28-29-30-31-32-33-34-35-36-37-39-41-43-45-47-53(61)58-50(49-65-57-56(64)55(63)54(62)52(48-59)66-57)51(60)46-44-42-40-38-14-12-10-8-6-4-2/h5,7,11,13,16-17,19-20,22-23,25-26,28-29,31-32,34-35,37,39,44,46,50-52,54-57,59-60,62-64H,3-4,6,8-10,12,14-15,18,21,24,27,30,33,36,38,40-43,45,47-49H2,1-2H3,(H,58,61)/b7-5-,13-11-,17-16-,20-19-,23-22-,26-25-,29-28-,32-31-,35-34-,39-37-,46-44+. The van der Waals surface area contributed by atoms with E-state index in [1.165, 1.54) is 38.5 Å². The number of carbonyl (C=O) groups is 1. The van der Waals surface area contributed by atoms with Gasteiger partial charge < -0.3 is 40.3 Å². The van der Waals surface area contributed by atoms with Crippen LogP contribution >= 0.6 is 0 Å². The second-order valence-electron chi connectivity index (χ2n) is 16.9. The molecule has 1 saturated heterocycles. The normalized spacial score (nSPS) is 21.0. The largest absolute Gasteiger partial charge is 0.394 e. The van der Waals surface area contributed by atoms with Crippen LogP contribution in [0.25, 0.3) is 0 Å². The molecule has 0 aromatic rings. The van der Waals surface area contributed by atoms with Gasteiger partial charge in [0.15, 0.2) is 6.29 Å². The predicted molar refractivity (Wildman–Crippen MR) is 276 cm³/mol.